The van der Waals surface area contributed by atoms with Gasteiger partial charge in [-0.25, -0.2) is 17.9 Å². The number of alkyl halides is 3. The number of nitrogens with one attached hydrogen (secondary N) is 1. The number of nitrogens with zero attached hydrogens (tertiary/aromatic N) is 4. The maximum atomic E-state index is 12.0. The first-order valence-electron chi connectivity index (χ1n) is 9.99. The van der Waals surface area contributed by atoms with Gasteiger partial charge in [0, 0.05) is 38.6 Å². The van der Waals surface area contributed by atoms with E-state index >= 15 is 0 Å². The van der Waals surface area contributed by atoms with Gasteiger partial charge in [0.15, 0.2) is 0 Å². The first-order valence-corrected chi connectivity index (χ1v) is 11.5. The van der Waals surface area contributed by atoms with Gasteiger partial charge in [-0.2, -0.15) is 18.3 Å². The van der Waals surface area contributed by atoms with Crippen molar-refractivity contribution in [3.8, 4) is 0 Å². The Morgan fingerprint density at radius 3 is 2.53 bits per heavy atom. The van der Waals surface area contributed by atoms with Crippen molar-refractivity contribution >= 4 is 16.0 Å². The number of rotatable bonds is 7. The van der Waals surface area contributed by atoms with Crippen molar-refractivity contribution in [1.29, 1.82) is 0 Å². The summed E-state index contributed by atoms with van der Waals surface area (Å²) in [6, 6.07) is 8.16. The van der Waals surface area contributed by atoms with Gasteiger partial charge in [-0.15, -0.1) is 0 Å². The van der Waals surface area contributed by atoms with Crippen LogP contribution in [-0.4, -0.2) is 63.7 Å². The highest BCUT2D eigenvalue weighted by atomic mass is 32.2. The number of pyridine rings is 1. The molecule has 1 aliphatic carbocycles. The van der Waals surface area contributed by atoms with Crippen LogP contribution in [0.3, 0.4) is 0 Å². The zero-order valence-electron chi connectivity index (χ0n) is 17.1. The van der Waals surface area contributed by atoms with Crippen LogP contribution in [0.15, 0.2) is 36.7 Å². The summed E-state index contributed by atoms with van der Waals surface area (Å²) in [5.41, 5.74) is 2.21. The van der Waals surface area contributed by atoms with Crippen LogP contribution in [0.5, 0.6) is 0 Å². The number of carboxylic acid groups (broad SMARTS) is 1. The fraction of sp³-hybridized carbons (Fsp3) is 0.526. The minimum atomic E-state index is -5.08. The Kier molecular flexibility index (Phi) is 7.51. The van der Waals surface area contributed by atoms with Crippen LogP contribution in [0, 0.1) is 0 Å². The molecule has 0 amide bonds. The lowest BCUT2D eigenvalue weighted by atomic mass is 10.1. The van der Waals surface area contributed by atoms with Gasteiger partial charge in [0.2, 0.25) is 10.0 Å². The van der Waals surface area contributed by atoms with Crippen molar-refractivity contribution in [2.75, 3.05) is 13.1 Å². The van der Waals surface area contributed by atoms with E-state index in [1.165, 1.54) is 0 Å². The highest BCUT2D eigenvalue weighted by molar-refractivity contribution is 7.90. The maximum Gasteiger partial charge on any atom is 0.490 e. The lowest BCUT2D eigenvalue weighted by molar-refractivity contribution is -0.192. The molecule has 2 aliphatic rings. The molecule has 0 bridgehead atoms. The molecule has 1 saturated carbocycles. The predicted octanol–water partition coefficient (Wildman–Crippen LogP) is 1.94. The van der Waals surface area contributed by atoms with E-state index in [0.717, 1.165) is 50.3 Å². The van der Waals surface area contributed by atoms with Crippen LogP contribution < -0.4 is 4.72 Å². The van der Waals surface area contributed by atoms with Gasteiger partial charge >= 0.3 is 12.1 Å². The van der Waals surface area contributed by atoms with Crippen molar-refractivity contribution in [3.63, 3.8) is 0 Å². The van der Waals surface area contributed by atoms with Crippen LogP contribution >= 0.6 is 0 Å². The number of fused-ring (bicyclic) bond motifs is 1. The Hall–Kier alpha value is -2.51. The summed E-state index contributed by atoms with van der Waals surface area (Å²) < 4.78 is 60.5. The van der Waals surface area contributed by atoms with Gasteiger partial charge < -0.3 is 5.11 Å². The number of sulfonamides is 1. The second-order valence-electron chi connectivity index (χ2n) is 7.64. The monoisotopic (exact) mass is 475 g/mol. The molecular formula is C19H24F3N5O4S. The molecule has 0 spiro atoms. The van der Waals surface area contributed by atoms with Crippen LogP contribution in [0.4, 0.5) is 13.2 Å². The smallest absolute Gasteiger partial charge is 0.475 e. The summed E-state index contributed by atoms with van der Waals surface area (Å²) in [5, 5.41) is 11.4. The summed E-state index contributed by atoms with van der Waals surface area (Å²) in [6.45, 7) is 2.92. The lowest BCUT2D eigenvalue weighted by Crippen LogP contribution is -2.39. The minimum Gasteiger partial charge on any atom is -0.475 e. The quantitative estimate of drug-likeness (QED) is 0.629. The van der Waals surface area contributed by atoms with Crippen molar-refractivity contribution in [3.05, 3.63) is 48.0 Å². The van der Waals surface area contributed by atoms with Crippen molar-refractivity contribution in [1.82, 2.24) is 24.4 Å². The van der Waals surface area contributed by atoms with E-state index in [1.807, 2.05) is 41.3 Å². The molecule has 2 aromatic heterocycles. The molecular weight excluding hydrogens is 451 g/mol. The number of aromatic nitrogens is 3. The Labute approximate surface area is 183 Å². The van der Waals surface area contributed by atoms with Gasteiger partial charge in [0.1, 0.15) is 0 Å². The molecule has 32 heavy (non-hydrogen) atoms. The molecule has 2 N–H and O–H groups in total. The van der Waals surface area contributed by atoms with E-state index in [2.05, 4.69) is 19.7 Å². The van der Waals surface area contributed by atoms with E-state index in [4.69, 9.17) is 9.90 Å². The van der Waals surface area contributed by atoms with Gasteiger partial charge in [0.25, 0.3) is 0 Å². The standard InChI is InChI=1S/C17H23N5O2S.C2HF3O2/c23-25(24,17-4-5-17)20-10-7-16-13-21(11-14-3-1-2-8-18-14)12-15-6-9-19-22(15)16;3-2(4,5)1(6)7/h1-3,6,8-9,16-17,20H,4-5,7,10-13H2;(H,6,7). The third kappa shape index (κ3) is 6.74. The number of halogens is 3. The summed E-state index contributed by atoms with van der Waals surface area (Å²) in [5.74, 6) is -2.76. The third-order valence-electron chi connectivity index (χ3n) is 5.05. The number of carboxylic acids is 1. The number of carbonyl (C=O) groups is 1. The molecule has 1 fully saturated rings. The van der Waals surface area contributed by atoms with Gasteiger partial charge in [-0.05, 0) is 37.5 Å². The Morgan fingerprint density at radius 2 is 1.94 bits per heavy atom. The fourth-order valence-corrected chi connectivity index (χ4v) is 4.78. The van der Waals surface area contributed by atoms with Crippen molar-refractivity contribution in [2.24, 2.45) is 0 Å². The molecule has 1 unspecified atom stereocenters. The molecule has 3 heterocycles. The normalized spacial score (nSPS) is 19.0. The minimum absolute atomic E-state index is 0.167. The third-order valence-corrected chi connectivity index (χ3v) is 7.01. The molecule has 2 aromatic rings. The zero-order chi connectivity index (χ0) is 23.4. The topological polar surface area (TPSA) is 117 Å². The highest BCUT2D eigenvalue weighted by Gasteiger charge is 2.38. The molecule has 1 aliphatic heterocycles. The number of hydrogen-bond acceptors (Lipinski definition) is 6. The maximum absolute atomic E-state index is 12.0. The van der Waals surface area contributed by atoms with Gasteiger partial charge in [0.05, 0.1) is 22.7 Å². The summed E-state index contributed by atoms with van der Waals surface area (Å²) in [7, 11) is -3.12. The number of hydrogen-bond donors (Lipinski definition) is 2. The molecule has 9 nitrogen and oxygen atoms in total. The fourth-order valence-electron chi connectivity index (χ4n) is 3.38. The average Bonchev–Trinajstić information content (AvgIpc) is 3.48. The summed E-state index contributed by atoms with van der Waals surface area (Å²) in [6.07, 6.45) is 0.869. The van der Waals surface area contributed by atoms with Crippen LogP contribution in [0.1, 0.15) is 36.7 Å². The van der Waals surface area contributed by atoms with Crippen LogP contribution in [0.25, 0.3) is 0 Å². The Balaban J connectivity index is 0.000000360. The molecule has 0 aromatic carbocycles. The largest absolute Gasteiger partial charge is 0.490 e. The van der Waals surface area contributed by atoms with E-state index in [-0.39, 0.29) is 11.3 Å². The van der Waals surface area contributed by atoms with E-state index in [0.29, 0.717) is 6.54 Å². The SMILES string of the molecule is O=C(O)C(F)(F)F.O=S(=O)(NCCC1CN(Cc2ccccn2)Cc2ccnn21)C1CC1. The molecule has 0 saturated heterocycles. The van der Waals surface area contributed by atoms with Gasteiger partial charge in [-0.3, -0.25) is 14.6 Å². The second kappa shape index (κ2) is 9.96. The molecule has 0 radical (unpaired) electrons. The second-order valence-corrected chi connectivity index (χ2v) is 9.69. The predicted molar refractivity (Wildman–Crippen MR) is 108 cm³/mol. The average molecular weight is 475 g/mol. The summed E-state index contributed by atoms with van der Waals surface area (Å²) in [4.78, 5) is 15.6. The summed E-state index contributed by atoms with van der Waals surface area (Å²) >= 11 is 0. The molecule has 1 atom stereocenters. The zero-order valence-corrected chi connectivity index (χ0v) is 17.9. The first kappa shape index (κ1) is 24.1. The number of aliphatic carboxylic acids is 1. The lowest BCUT2D eigenvalue weighted by Gasteiger charge is -2.33. The van der Waals surface area contributed by atoms with E-state index < -0.39 is 22.2 Å². The first-order chi connectivity index (χ1) is 15.1. The van der Waals surface area contributed by atoms with Crippen molar-refractivity contribution in [2.45, 2.75) is 49.8 Å². The van der Waals surface area contributed by atoms with E-state index in [1.54, 1.807) is 0 Å². The van der Waals surface area contributed by atoms with E-state index in [9.17, 15) is 21.6 Å². The molecule has 176 valence electrons. The molecule has 4 rings (SSSR count). The van der Waals surface area contributed by atoms with Crippen molar-refractivity contribution < 1.29 is 31.5 Å². The molecule has 13 heteroatoms. The Bertz CT molecular complexity index is 1010. The van der Waals surface area contributed by atoms with Crippen LogP contribution in [0.2, 0.25) is 0 Å². The van der Waals surface area contributed by atoms with Gasteiger partial charge in [-0.1, -0.05) is 6.07 Å². The van der Waals surface area contributed by atoms with Crippen LogP contribution in [-0.2, 0) is 27.9 Å². The highest BCUT2D eigenvalue weighted by Crippen LogP contribution is 2.28. The Morgan fingerprint density at radius 1 is 1.22 bits per heavy atom.